The Morgan fingerprint density at radius 3 is 2.26 bits per heavy atom. The predicted octanol–water partition coefficient (Wildman–Crippen LogP) is 2.12. The van der Waals surface area contributed by atoms with E-state index in [0.29, 0.717) is 24.0 Å². The number of likely N-dealkylation sites (N-methyl/N-ethyl adjacent to an activating group) is 1. The summed E-state index contributed by atoms with van der Waals surface area (Å²) in [5.41, 5.74) is 6.08. The summed E-state index contributed by atoms with van der Waals surface area (Å²) < 4.78 is 0. The first-order chi connectivity index (χ1) is 19.7. The molecule has 2 aromatic rings. The number of nitrogens with zero attached hydrogens (tertiary/aromatic N) is 2. The molecule has 6 N–H and O–H groups in total. The minimum atomic E-state index is -2.66. The number of hydrogen-bond acceptors (Lipinski definition) is 9. The van der Waals surface area contributed by atoms with Crippen LogP contribution in [-0.4, -0.2) is 82.6 Å². The summed E-state index contributed by atoms with van der Waals surface area (Å²) in [7, 11) is 6.86. The Balaban J connectivity index is 1.66. The van der Waals surface area contributed by atoms with Crippen LogP contribution in [0.5, 0.6) is 5.75 Å². The first-order valence-electron chi connectivity index (χ1n) is 13.9. The quantitative estimate of drug-likeness (QED) is 0.325. The van der Waals surface area contributed by atoms with Crippen LogP contribution in [0.4, 0.5) is 5.69 Å². The molecule has 0 spiro atoms. The zero-order valence-corrected chi connectivity index (χ0v) is 24.4. The number of benzene rings is 2. The number of rotatable bonds is 6. The fourth-order valence-corrected chi connectivity index (χ4v) is 6.97. The second-order valence-corrected chi connectivity index (χ2v) is 12.1. The summed E-state index contributed by atoms with van der Waals surface area (Å²) in [5.74, 6) is -6.51. The topological polar surface area (TPSA) is 165 Å². The molecule has 0 aromatic heterocycles. The van der Waals surface area contributed by atoms with Gasteiger partial charge in [-0.1, -0.05) is 29.8 Å². The van der Waals surface area contributed by atoms with Crippen molar-refractivity contribution in [2.45, 2.75) is 44.2 Å². The molecule has 5 rings (SSSR count). The highest BCUT2D eigenvalue weighted by atomic mass is 16.3. The van der Waals surface area contributed by atoms with Gasteiger partial charge in [0.25, 0.3) is 5.91 Å². The van der Waals surface area contributed by atoms with Crippen molar-refractivity contribution < 1.29 is 34.8 Å². The number of primary amides is 1. The minimum Gasteiger partial charge on any atom is -0.508 e. The molecule has 10 heteroatoms. The normalized spacial score (nSPS) is 25.4. The van der Waals surface area contributed by atoms with Crippen molar-refractivity contribution >= 4 is 28.9 Å². The van der Waals surface area contributed by atoms with E-state index in [1.165, 1.54) is 4.90 Å². The fourth-order valence-electron chi connectivity index (χ4n) is 6.97. The summed E-state index contributed by atoms with van der Waals surface area (Å²) in [6.45, 7) is 2.01. The van der Waals surface area contributed by atoms with Gasteiger partial charge in [0.15, 0.2) is 11.4 Å². The number of aliphatic hydroxyl groups excluding tert-OH is 2. The van der Waals surface area contributed by atoms with Crippen LogP contribution in [0.2, 0.25) is 0 Å². The average Bonchev–Trinajstić information content (AvgIpc) is 2.90. The fraction of sp³-hybridized carbons (Fsp3) is 0.406. The first-order valence-corrected chi connectivity index (χ1v) is 13.9. The largest absolute Gasteiger partial charge is 0.508 e. The number of aliphatic hydroxyl groups is 3. The lowest BCUT2D eigenvalue weighted by Crippen LogP contribution is -2.65. The highest BCUT2D eigenvalue weighted by Gasteiger charge is 2.64. The Morgan fingerprint density at radius 2 is 1.69 bits per heavy atom. The van der Waals surface area contributed by atoms with E-state index >= 15 is 0 Å². The summed E-state index contributed by atoms with van der Waals surface area (Å²) >= 11 is 0. The van der Waals surface area contributed by atoms with E-state index in [9.17, 15) is 34.8 Å². The summed E-state index contributed by atoms with van der Waals surface area (Å²) in [5, 5.41) is 46.0. The molecule has 0 radical (unpaired) electrons. The monoisotopic (exact) mass is 575 g/mol. The van der Waals surface area contributed by atoms with Crippen molar-refractivity contribution in [1.82, 2.24) is 4.90 Å². The van der Waals surface area contributed by atoms with Crippen LogP contribution in [0.1, 0.15) is 34.2 Å². The number of carbonyl (C=O) groups is 3. The van der Waals surface area contributed by atoms with Gasteiger partial charge in [-0.25, -0.2) is 0 Å². The molecule has 3 aliphatic carbocycles. The Kier molecular flexibility index (Phi) is 7.19. The number of aryl methyl sites for hydroxylation is 3. The van der Waals surface area contributed by atoms with Gasteiger partial charge in [0.2, 0.25) is 5.78 Å². The van der Waals surface area contributed by atoms with Crippen LogP contribution in [0, 0.1) is 18.8 Å². The molecule has 0 aliphatic heterocycles. The Morgan fingerprint density at radius 1 is 1.05 bits per heavy atom. The molecule has 1 amide bonds. The number of phenolic OH excluding ortho intramolecular Hbond substituents is 1. The van der Waals surface area contributed by atoms with Gasteiger partial charge < -0.3 is 31.1 Å². The van der Waals surface area contributed by atoms with Crippen molar-refractivity contribution in [3.63, 3.8) is 0 Å². The molecule has 1 saturated carbocycles. The number of hydrogen-bond donors (Lipinski definition) is 5. The van der Waals surface area contributed by atoms with Crippen LogP contribution in [0.25, 0.3) is 5.76 Å². The zero-order chi connectivity index (χ0) is 30.8. The molecule has 0 heterocycles. The average molecular weight is 576 g/mol. The maximum atomic E-state index is 14.1. The molecule has 42 heavy (non-hydrogen) atoms. The molecule has 3 aliphatic rings. The minimum absolute atomic E-state index is 0.0502. The van der Waals surface area contributed by atoms with Crippen molar-refractivity contribution in [1.29, 1.82) is 0 Å². The number of nitrogens with two attached hydrogens (primary N) is 1. The van der Waals surface area contributed by atoms with Gasteiger partial charge in [-0.3, -0.25) is 19.3 Å². The third-order valence-corrected chi connectivity index (χ3v) is 9.06. The number of anilines is 1. The van der Waals surface area contributed by atoms with Crippen LogP contribution < -0.4 is 10.6 Å². The SMILES string of the molecule is Cc1ccc(CCc2cc(N(C)C)c3c(c2O)C(O)=C2C(=O)[C@]4(O)C(O)=C(C(N)=O)C(=O)[C@@H](N(C)C)[C@@H]4C[C@@H]2C3)cc1. The molecule has 0 bridgehead atoms. The molecule has 222 valence electrons. The van der Waals surface area contributed by atoms with E-state index in [-0.39, 0.29) is 29.7 Å². The smallest absolute Gasteiger partial charge is 0.255 e. The van der Waals surface area contributed by atoms with Gasteiger partial charge >= 0.3 is 0 Å². The molecule has 0 unspecified atom stereocenters. The molecular weight excluding hydrogens is 538 g/mol. The molecule has 0 saturated heterocycles. The van der Waals surface area contributed by atoms with Crippen LogP contribution in [-0.2, 0) is 33.6 Å². The number of amides is 1. The van der Waals surface area contributed by atoms with E-state index in [2.05, 4.69) is 0 Å². The molecule has 4 atom stereocenters. The highest BCUT2D eigenvalue weighted by Crippen LogP contribution is 2.54. The van der Waals surface area contributed by atoms with Crippen LogP contribution >= 0.6 is 0 Å². The second kappa shape index (κ2) is 10.3. The third-order valence-electron chi connectivity index (χ3n) is 9.06. The number of ketones is 2. The maximum Gasteiger partial charge on any atom is 0.255 e. The predicted molar refractivity (Wildman–Crippen MR) is 157 cm³/mol. The zero-order valence-electron chi connectivity index (χ0n) is 24.4. The van der Waals surface area contributed by atoms with Crippen molar-refractivity contribution in [3.05, 3.63) is 75.1 Å². The van der Waals surface area contributed by atoms with Gasteiger partial charge in [0, 0.05) is 31.3 Å². The van der Waals surface area contributed by atoms with Gasteiger partial charge in [0.05, 0.1) is 11.6 Å². The van der Waals surface area contributed by atoms with E-state index in [1.54, 1.807) is 14.1 Å². The lowest BCUT2D eigenvalue weighted by Gasteiger charge is -2.50. The van der Waals surface area contributed by atoms with Gasteiger partial charge in [-0.05, 0) is 75.4 Å². The number of Topliss-reactive ketones (excluding diaryl/α,β-unsaturated/α-hetero) is 2. The molecule has 2 aromatic carbocycles. The van der Waals surface area contributed by atoms with Crippen molar-refractivity contribution in [2.75, 3.05) is 33.1 Å². The Bertz CT molecular complexity index is 1570. The molecular formula is C32H37N3O7. The highest BCUT2D eigenvalue weighted by molar-refractivity contribution is 6.24. The first kappa shape index (κ1) is 29.3. The van der Waals surface area contributed by atoms with Gasteiger partial charge in [0.1, 0.15) is 22.8 Å². The van der Waals surface area contributed by atoms with E-state index < -0.39 is 58.0 Å². The van der Waals surface area contributed by atoms with E-state index in [4.69, 9.17) is 5.73 Å². The molecule has 1 fully saturated rings. The van der Waals surface area contributed by atoms with Crippen molar-refractivity contribution in [3.8, 4) is 5.75 Å². The van der Waals surface area contributed by atoms with Gasteiger partial charge in [-0.2, -0.15) is 0 Å². The maximum absolute atomic E-state index is 14.1. The number of aromatic hydroxyl groups is 1. The van der Waals surface area contributed by atoms with Gasteiger partial charge in [-0.15, -0.1) is 0 Å². The van der Waals surface area contributed by atoms with Crippen LogP contribution in [0.15, 0.2) is 47.2 Å². The lowest BCUT2D eigenvalue weighted by molar-refractivity contribution is -0.153. The van der Waals surface area contributed by atoms with E-state index in [1.807, 2.05) is 56.3 Å². The number of carbonyl (C=O) groups excluding carboxylic acids is 3. The standard InChI is InChI=1S/C32H37N3O7/c1-15-6-8-16(9-7-15)10-11-17-14-21(34(2)3)19-12-18-13-20-25(35(4)5)28(38)24(31(33)41)30(40)32(20,42)29(39)22(18)27(37)23(19)26(17)36/h6-9,14,18,20,25,36-37,40,42H,10-13H2,1-5H3,(H2,33,41)/t18-,20-,25-,32-/m0/s1. The summed E-state index contributed by atoms with van der Waals surface area (Å²) in [4.78, 5) is 42.9. The van der Waals surface area contributed by atoms with Crippen molar-refractivity contribution in [2.24, 2.45) is 17.6 Å². The molecule has 10 nitrogen and oxygen atoms in total. The van der Waals surface area contributed by atoms with Crippen LogP contribution in [0.3, 0.4) is 0 Å². The summed E-state index contributed by atoms with van der Waals surface area (Å²) in [6, 6.07) is 8.86. The third kappa shape index (κ3) is 4.28. The second-order valence-electron chi connectivity index (χ2n) is 12.1. The lowest BCUT2D eigenvalue weighted by atomic mass is 9.57. The number of fused-ring (bicyclic) bond motifs is 3. The number of phenols is 1. The van der Waals surface area contributed by atoms with E-state index in [0.717, 1.165) is 16.8 Å². The Hall–Kier alpha value is -4.15. The Labute approximate surface area is 244 Å². The summed E-state index contributed by atoms with van der Waals surface area (Å²) in [6.07, 6.45) is 1.39.